The van der Waals surface area contributed by atoms with Gasteiger partial charge in [0.2, 0.25) is 0 Å². The van der Waals surface area contributed by atoms with Crippen LogP contribution in [-0.2, 0) is 9.47 Å². The fourth-order valence-corrected chi connectivity index (χ4v) is 9.07. The van der Waals surface area contributed by atoms with Crippen LogP contribution in [0.3, 0.4) is 0 Å². The summed E-state index contributed by atoms with van der Waals surface area (Å²) in [6.45, 7) is 10.5. The maximum Gasteiger partial charge on any atom is 0.0704 e. The molecule has 0 aromatic heterocycles. The molecule has 4 saturated carbocycles. The van der Waals surface area contributed by atoms with Gasteiger partial charge < -0.3 is 24.6 Å². The summed E-state index contributed by atoms with van der Waals surface area (Å²) in [7, 11) is 0. The van der Waals surface area contributed by atoms with E-state index in [0.717, 1.165) is 58.1 Å². The molecule has 0 amide bonds. The molecule has 5 aliphatic rings. The average molecular weight is 450 g/mol. The van der Waals surface area contributed by atoms with E-state index in [1.54, 1.807) is 0 Å². The molecule has 1 aliphatic heterocycles. The Hall–Kier alpha value is -0.200. The fourth-order valence-electron chi connectivity index (χ4n) is 9.07. The van der Waals surface area contributed by atoms with Crippen molar-refractivity contribution in [3.8, 4) is 0 Å². The predicted octanol–water partition coefficient (Wildman–Crippen LogP) is 3.86. The monoisotopic (exact) mass is 449 g/mol. The quantitative estimate of drug-likeness (QED) is 0.578. The second-order valence-corrected chi connectivity index (χ2v) is 12.4. The van der Waals surface area contributed by atoms with Crippen LogP contribution in [0.15, 0.2) is 0 Å². The molecular formula is C27H47NO4. The van der Waals surface area contributed by atoms with E-state index in [2.05, 4.69) is 18.7 Å². The van der Waals surface area contributed by atoms with E-state index in [1.165, 1.54) is 32.4 Å². The molecule has 5 rings (SSSR count). The van der Waals surface area contributed by atoms with Crippen molar-refractivity contribution in [2.45, 2.75) is 96.4 Å². The average Bonchev–Trinajstić information content (AvgIpc) is 3.38. The minimum Gasteiger partial charge on any atom is -0.393 e. The van der Waals surface area contributed by atoms with E-state index < -0.39 is 0 Å². The lowest BCUT2D eigenvalue weighted by Crippen LogP contribution is -2.58. The normalized spacial score (nSPS) is 48.9. The molecule has 0 radical (unpaired) electrons. The first-order chi connectivity index (χ1) is 15.4. The molecule has 1 heterocycles. The molecule has 0 aromatic rings. The van der Waals surface area contributed by atoms with Gasteiger partial charge in [0.1, 0.15) is 0 Å². The summed E-state index contributed by atoms with van der Waals surface area (Å²) in [5.74, 6) is 2.22. The van der Waals surface area contributed by atoms with Crippen molar-refractivity contribution in [3.63, 3.8) is 0 Å². The molecule has 4 aliphatic carbocycles. The van der Waals surface area contributed by atoms with Crippen molar-refractivity contribution < 1.29 is 19.7 Å². The number of hydrogen-bond donors (Lipinski definition) is 2. The van der Waals surface area contributed by atoms with Crippen LogP contribution in [0.4, 0.5) is 0 Å². The second-order valence-electron chi connectivity index (χ2n) is 12.4. The lowest BCUT2D eigenvalue weighted by atomic mass is 9.44. The van der Waals surface area contributed by atoms with Crippen LogP contribution < -0.4 is 0 Å². The number of nitrogens with zero attached hydrogens (tertiary/aromatic N) is 1. The minimum absolute atomic E-state index is 0.0705. The molecule has 5 fully saturated rings. The first-order valence-electron chi connectivity index (χ1n) is 13.7. The summed E-state index contributed by atoms with van der Waals surface area (Å²) < 4.78 is 12.2. The van der Waals surface area contributed by atoms with E-state index in [1.807, 2.05) is 0 Å². The summed E-state index contributed by atoms with van der Waals surface area (Å²) in [4.78, 5) is 2.49. The van der Waals surface area contributed by atoms with Gasteiger partial charge >= 0.3 is 0 Å². The number of rotatable bonds is 7. The van der Waals surface area contributed by atoms with Crippen LogP contribution in [-0.4, -0.2) is 72.9 Å². The topological polar surface area (TPSA) is 62.2 Å². The van der Waals surface area contributed by atoms with Gasteiger partial charge in [-0.1, -0.05) is 13.8 Å². The van der Waals surface area contributed by atoms with Crippen molar-refractivity contribution in [1.82, 2.24) is 4.90 Å². The third kappa shape index (κ3) is 4.19. The zero-order valence-electron chi connectivity index (χ0n) is 20.5. The summed E-state index contributed by atoms with van der Waals surface area (Å²) in [5.41, 5.74) is 0.234. The number of fused-ring (bicyclic) bond motifs is 5. The molecular weight excluding hydrogens is 402 g/mol. The van der Waals surface area contributed by atoms with Crippen LogP contribution in [0.5, 0.6) is 0 Å². The SMILES string of the molecule is C[C@]12CC(OCCOCCN3CCCC3)CC[C@@H]1[C@@H](O)C[C@@H]1[C@@H]2CC[C@]2(C)[C@@H](O)CC[C@@H]12. The van der Waals surface area contributed by atoms with Crippen LogP contribution in [0.25, 0.3) is 0 Å². The minimum atomic E-state index is -0.184. The zero-order valence-corrected chi connectivity index (χ0v) is 20.5. The van der Waals surface area contributed by atoms with Gasteiger partial charge in [0, 0.05) is 6.54 Å². The van der Waals surface area contributed by atoms with Gasteiger partial charge in [-0.05, 0) is 112 Å². The third-order valence-corrected chi connectivity index (χ3v) is 10.9. The van der Waals surface area contributed by atoms with Gasteiger partial charge in [0.25, 0.3) is 0 Å². The highest BCUT2D eigenvalue weighted by Crippen LogP contribution is 2.66. The van der Waals surface area contributed by atoms with Gasteiger partial charge in [0.15, 0.2) is 0 Å². The molecule has 0 aromatic carbocycles. The lowest BCUT2D eigenvalue weighted by Gasteiger charge is -2.62. The van der Waals surface area contributed by atoms with Crippen LogP contribution in [0.1, 0.15) is 78.1 Å². The van der Waals surface area contributed by atoms with E-state index in [4.69, 9.17) is 9.47 Å². The molecule has 5 heteroatoms. The Morgan fingerprint density at radius 1 is 0.844 bits per heavy atom. The first-order valence-corrected chi connectivity index (χ1v) is 13.7. The highest BCUT2D eigenvalue weighted by molar-refractivity contribution is 5.11. The van der Waals surface area contributed by atoms with Crippen LogP contribution in [0.2, 0.25) is 0 Å². The van der Waals surface area contributed by atoms with Crippen LogP contribution in [0, 0.1) is 34.5 Å². The van der Waals surface area contributed by atoms with Gasteiger partial charge in [-0.2, -0.15) is 0 Å². The van der Waals surface area contributed by atoms with Crippen molar-refractivity contribution >= 4 is 0 Å². The Labute approximate surface area is 195 Å². The van der Waals surface area contributed by atoms with Crippen LogP contribution >= 0.6 is 0 Å². The molecule has 184 valence electrons. The molecule has 9 atom stereocenters. The first kappa shape index (κ1) is 23.5. The Bertz CT molecular complexity index is 639. The summed E-state index contributed by atoms with van der Waals surface area (Å²) in [6.07, 6.45) is 11.3. The number of ether oxygens (including phenoxy) is 2. The Balaban J connectivity index is 1.15. The second kappa shape index (κ2) is 9.45. The van der Waals surface area contributed by atoms with Gasteiger partial charge in [-0.3, -0.25) is 0 Å². The standard InChI is InChI=1S/C27H47NO4/c1-26-10-9-22-20(21(26)7-8-25(26)30)17-24(29)23-6-5-19(18-27(22,23)2)32-16-15-31-14-13-28-11-3-4-12-28/h19-25,29-30H,3-18H2,1-2H3/t19?,20-,21-,22-,23+,24-,25-,26-,27+/m0/s1. The largest absolute Gasteiger partial charge is 0.393 e. The van der Waals surface area contributed by atoms with E-state index in [9.17, 15) is 10.2 Å². The maximum absolute atomic E-state index is 11.2. The predicted molar refractivity (Wildman–Crippen MR) is 125 cm³/mol. The number of likely N-dealkylation sites (tertiary alicyclic amines) is 1. The van der Waals surface area contributed by atoms with Gasteiger partial charge in [-0.25, -0.2) is 0 Å². The lowest BCUT2D eigenvalue weighted by molar-refractivity contribution is -0.182. The smallest absolute Gasteiger partial charge is 0.0704 e. The Kier molecular flexibility index (Phi) is 6.95. The number of hydrogen-bond acceptors (Lipinski definition) is 5. The summed E-state index contributed by atoms with van der Waals surface area (Å²) >= 11 is 0. The molecule has 32 heavy (non-hydrogen) atoms. The summed E-state index contributed by atoms with van der Waals surface area (Å²) in [6, 6.07) is 0. The molecule has 1 unspecified atom stereocenters. The Morgan fingerprint density at radius 3 is 2.41 bits per heavy atom. The molecule has 2 N–H and O–H groups in total. The molecule has 1 saturated heterocycles. The zero-order chi connectivity index (χ0) is 22.3. The van der Waals surface area contributed by atoms with E-state index >= 15 is 0 Å². The highest BCUT2D eigenvalue weighted by atomic mass is 16.5. The fraction of sp³-hybridized carbons (Fsp3) is 1.00. The van der Waals surface area contributed by atoms with Crippen molar-refractivity contribution in [1.29, 1.82) is 0 Å². The molecule has 0 bridgehead atoms. The molecule has 0 spiro atoms. The van der Waals surface area contributed by atoms with Crippen molar-refractivity contribution in [2.75, 3.05) is 39.5 Å². The highest BCUT2D eigenvalue weighted by Gasteiger charge is 2.62. The summed E-state index contributed by atoms with van der Waals surface area (Å²) in [5, 5.41) is 21.9. The van der Waals surface area contributed by atoms with Gasteiger partial charge in [0.05, 0.1) is 38.1 Å². The van der Waals surface area contributed by atoms with E-state index in [-0.39, 0.29) is 23.0 Å². The van der Waals surface area contributed by atoms with E-state index in [0.29, 0.717) is 43.0 Å². The third-order valence-electron chi connectivity index (χ3n) is 10.9. The van der Waals surface area contributed by atoms with Crippen molar-refractivity contribution in [3.05, 3.63) is 0 Å². The number of aliphatic hydroxyl groups is 2. The van der Waals surface area contributed by atoms with Gasteiger partial charge in [-0.15, -0.1) is 0 Å². The van der Waals surface area contributed by atoms with Crippen molar-refractivity contribution in [2.24, 2.45) is 34.5 Å². The Morgan fingerprint density at radius 2 is 1.59 bits per heavy atom. The number of aliphatic hydroxyl groups excluding tert-OH is 2. The maximum atomic E-state index is 11.2. The molecule has 5 nitrogen and oxygen atoms in total.